The Labute approximate surface area is 188 Å². The molecule has 0 aliphatic heterocycles. The summed E-state index contributed by atoms with van der Waals surface area (Å²) in [5.74, 6) is 1.14. The zero-order valence-corrected chi connectivity index (χ0v) is 19.7. The minimum atomic E-state index is -3.76. The van der Waals surface area contributed by atoms with Gasteiger partial charge in [0.05, 0.1) is 21.8 Å². The number of sulfonamides is 1. The fourth-order valence-corrected chi connectivity index (χ4v) is 4.48. The number of hydrogen-bond acceptors (Lipinski definition) is 5. The van der Waals surface area contributed by atoms with Crippen LogP contribution in [0.2, 0.25) is 0 Å². The van der Waals surface area contributed by atoms with Crippen LogP contribution in [0.4, 0.5) is 11.6 Å². The number of hydrogen-bond donors (Lipinski definition) is 2. The highest BCUT2D eigenvalue weighted by molar-refractivity contribution is 7.92. The summed E-state index contributed by atoms with van der Waals surface area (Å²) in [5.41, 5.74) is 3.11. The number of nitrogens with one attached hydrogen (secondary N) is 2. The minimum absolute atomic E-state index is 0.112. The average Bonchev–Trinajstić information content (AvgIpc) is 3.05. The highest BCUT2D eigenvalue weighted by atomic mass is 32.2. The van der Waals surface area contributed by atoms with Gasteiger partial charge < -0.3 is 5.32 Å². The van der Waals surface area contributed by atoms with Crippen LogP contribution in [0, 0.1) is 13.8 Å². The third kappa shape index (κ3) is 4.60. The van der Waals surface area contributed by atoms with E-state index >= 15 is 0 Å². The molecule has 7 nitrogen and oxygen atoms in total. The Hall–Kier alpha value is -3.39. The monoisotopic (exact) mass is 449 g/mol. The summed E-state index contributed by atoms with van der Waals surface area (Å²) < 4.78 is 30.2. The van der Waals surface area contributed by atoms with E-state index in [0.717, 1.165) is 28.0 Å². The second-order valence-corrected chi connectivity index (χ2v) is 10.6. The molecule has 0 bridgehead atoms. The molecule has 2 aromatic carbocycles. The van der Waals surface area contributed by atoms with E-state index in [-0.39, 0.29) is 10.4 Å². The average molecular weight is 450 g/mol. The number of fused-ring (bicyclic) bond motifs is 1. The van der Waals surface area contributed by atoms with Crippen LogP contribution in [-0.4, -0.2) is 28.7 Å². The van der Waals surface area contributed by atoms with Crippen molar-refractivity contribution in [3.63, 3.8) is 0 Å². The summed E-state index contributed by atoms with van der Waals surface area (Å²) in [5, 5.41) is 8.79. The summed E-state index contributed by atoms with van der Waals surface area (Å²) in [6.45, 7) is 9.98. The van der Waals surface area contributed by atoms with Crippen LogP contribution in [0.5, 0.6) is 0 Å². The van der Waals surface area contributed by atoms with E-state index in [0.29, 0.717) is 11.5 Å². The van der Waals surface area contributed by atoms with Gasteiger partial charge in [0.15, 0.2) is 0 Å². The normalized spacial score (nSPS) is 12.2. The van der Waals surface area contributed by atoms with E-state index in [9.17, 15) is 8.42 Å². The molecule has 0 fully saturated rings. The van der Waals surface area contributed by atoms with Gasteiger partial charge in [-0.2, -0.15) is 5.10 Å². The summed E-state index contributed by atoms with van der Waals surface area (Å²) in [6, 6.07) is 18.1. The van der Waals surface area contributed by atoms with Crippen LogP contribution < -0.4 is 10.0 Å². The Morgan fingerprint density at radius 3 is 2.34 bits per heavy atom. The Bertz CT molecular complexity index is 1380. The lowest BCUT2D eigenvalue weighted by atomic mass is 10.1. The molecular weight excluding hydrogens is 422 g/mol. The molecule has 2 N–H and O–H groups in total. The molecule has 0 aliphatic carbocycles. The molecule has 0 saturated carbocycles. The highest BCUT2D eigenvalue weighted by Gasteiger charge is 2.19. The molecule has 2 heterocycles. The second-order valence-electron chi connectivity index (χ2n) is 8.92. The quantitative estimate of drug-likeness (QED) is 0.445. The van der Waals surface area contributed by atoms with E-state index in [1.54, 1.807) is 35.0 Å². The molecule has 4 aromatic rings. The van der Waals surface area contributed by atoms with Crippen LogP contribution in [0.25, 0.3) is 16.6 Å². The van der Waals surface area contributed by atoms with Crippen molar-refractivity contribution >= 4 is 32.6 Å². The predicted octanol–water partition coefficient (Wildman–Crippen LogP) is 5.05. The summed E-state index contributed by atoms with van der Waals surface area (Å²) in [4.78, 5) is 4.92. The molecule has 166 valence electrons. The summed E-state index contributed by atoms with van der Waals surface area (Å²) in [6.07, 6.45) is 0. The maximum atomic E-state index is 13.0. The topological polar surface area (TPSA) is 88.9 Å². The third-order valence-corrected chi connectivity index (χ3v) is 6.21. The number of nitrogens with zero attached hydrogens (tertiary/aromatic N) is 3. The SMILES string of the molecule is Cc1ccc(S(=O)(=O)Nc2cc(C)nn2-c2cccc3nc(NC(C)(C)C)ccc23)cc1. The van der Waals surface area contributed by atoms with Gasteiger partial charge in [0.2, 0.25) is 0 Å². The first-order valence-corrected chi connectivity index (χ1v) is 11.8. The van der Waals surface area contributed by atoms with Crippen LogP contribution in [-0.2, 0) is 10.0 Å². The Balaban J connectivity index is 1.76. The van der Waals surface area contributed by atoms with Crippen molar-refractivity contribution in [2.45, 2.75) is 45.1 Å². The van der Waals surface area contributed by atoms with E-state index in [1.807, 2.05) is 44.2 Å². The van der Waals surface area contributed by atoms with Crippen molar-refractivity contribution in [3.8, 4) is 5.69 Å². The van der Waals surface area contributed by atoms with Crippen LogP contribution in [0.1, 0.15) is 32.0 Å². The molecule has 0 aliphatic rings. The number of pyridine rings is 1. The maximum absolute atomic E-state index is 13.0. The molecule has 32 heavy (non-hydrogen) atoms. The molecule has 4 rings (SSSR count). The highest BCUT2D eigenvalue weighted by Crippen LogP contribution is 2.27. The van der Waals surface area contributed by atoms with Crippen molar-refractivity contribution in [1.29, 1.82) is 0 Å². The fraction of sp³-hybridized carbons (Fsp3) is 0.250. The Morgan fingerprint density at radius 2 is 1.66 bits per heavy atom. The largest absolute Gasteiger partial charge is 0.365 e. The molecule has 0 spiro atoms. The minimum Gasteiger partial charge on any atom is -0.365 e. The van der Waals surface area contributed by atoms with E-state index in [4.69, 9.17) is 4.98 Å². The predicted molar refractivity (Wildman–Crippen MR) is 129 cm³/mol. The van der Waals surface area contributed by atoms with Gasteiger partial charge in [0, 0.05) is 17.0 Å². The van der Waals surface area contributed by atoms with E-state index < -0.39 is 10.0 Å². The smallest absolute Gasteiger partial charge is 0.263 e. The first kappa shape index (κ1) is 21.8. The van der Waals surface area contributed by atoms with Gasteiger partial charge in [0.25, 0.3) is 10.0 Å². The van der Waals surface area contributed by atoms with Gasteiger partial charge in [-0.3, -0.25) is 4.72 Å². The van der Waals surface area contributed by atoms with Gasteiger partial charge in [-0.15, -0.1) is 0 Å². The van der Waals surface area contributed by atoms with Gasteiger partial charge >= 0.3 is 0 Å². The molecule has 0 radical (unpaired) electrons. The zero-order chi connectivity index (χ0) is 23.1. The lowest BCUT2D eigenvalue weighted by Crippen LogP contribution is -2.26. The Kier molecular flexibility index (Phi) is 5.42. The standard InChI is InChI=1S/C24H27N5O2S/c1-16-9-11-18(12-10-16)32(30,31)28-23-15-17(2)27-29(23)21-8-6-7-20-19(21)13-14-22(25-20)26-24(3,4)5/h6-15,28H,1-5H3,(H,25,26). The number of anilines is 2. The van der Waals surface area contributed by atoms with E-state index in [1.165, 1.54) is 0 Å². The number of benzene rings is 2. The van der Waals surface area contributed by atoms with E-state index in [2.05, 4.69) is 35.9 Å². The molecule has 0 saturated heterocycles. The van der Waals surface area contributed by atoms with Crippen molar-refractivity contribution in [3.05, 3.63) is 71.9 Å². The third-order valence-electron chi connectivity index (χ3n) is 4.84. The summed E-state index contributed by atoms with van der Waals surface area (Å²) >= 11 is 0. The molecular formula is C24H27N5O2S. The van der Waals surface area contributed by atoms with Gasteiger partial charge in [-0.25, -0.2) is 18.1 Å². The van der Waals surface area contributed by atoms with Crippen LogP contribution in [0.15, 0.2) is 65.6 Å². The van der Waals surface area contributed by atoms with Crippen molar-refractivity contribution in [2.24, 2.45) is 0 Å². The number of aromatic nitrogens is 3. The molecule has 8 heteroatoms. The van der Waals surface area contributed by atoms with Crippen molar-refractivity contribution in [2.75, 3.05) is 10.0 Å². The second kappa shape index (κ2) is 7.94. The van der Waals surface area contributed by atoms with Gasteiger partial charge in [-0.1, -0.05) is 23.8 Å². The van der Waals surface area contributed by atoms with Crippen molar-refractivity contribution < 1.29 is 8.42 Å². The first-order chi connectivity index (χ1) is 15.0. The molecule has 0 amide bonds. The lowest BCUT2D eigenvalue weighted by molar-refractivity contribution is 0.600. The van der Waals surface area contributed by atoms with Gasteiger partial charge in [-0.05, 0) is 71.0 Å². The summed E-state index contributed by atoms with van der Waals surface area (Å²) in [7, 11) is -3.76. The Morgan fingerprint density at radius 1 is 0.938 bits per heavy atom. The van der Waals surface area contributed by atoms with Gasteiger partial charge in [0.1, 0.15) is 11.6 Å². The number of rotatable bonds is 5. The lowest BCUT2D eigenvalue weighted by Gasteiger charge is -2.21. The van der Waals surface area contributed by atoms with Crippen LogP contribution in [0.3, 0.4) is 0 Å². The molecule has 2 aromatic heterocycles. The number of aryl methyl sites for hydroxylation is 2. The van der Waals surface area contributed by atoms with Crippen molar-refractivity contribution in [1.82, 2.24) is 14.8 Å². The zero-order valence-electron chi connectivity index (χ0n) is 18.8. The maximum Gasteiger partial charge on any atom is 0.263 e. The molecule has 0 atom stereocenters. The molecule has 0 unspecified atom stereocenters. The fourth-order valence-electron chi connectivity index (χ4n) is 3.45. The first-order valence-electron chi connectivity index (χ1n) is 10.4. The van der Waals surface area contributed by atoms with Crippen LogP contribution >= 0.6 is 0 Å².